The van der Waals surface area contributed by atoms with Crippen molar-refractivity contribution in [3.8, 4) is 0 Å². The molecule has 2 atom stereocenters. The van der Waals surface area contributed by atoms with E-state index in [0.717, 1.165) is 0 Å². The molecule has 0 saturated heterocycles. The molecule has 0 rings (SSSR count). The maximum atomic E-state index is 12.8. The summed E-state index contributed by atoms with van der Waals surface area (Å²) in [6, 6.07) is 0. The summed E-state index contributed by atoms with van der Waals surface area (Å²) in [5.74, 6) is -4.99. The zero-order valence-electron chi connectivity index (χ0n) is 7.00. The summed E-state index contributed by atoms with van der Waals surface area (Å²) >= 11 is 0. The van der Waals surface area contributed by atoms with Gasteiger partial charge in [0.1, 0.15) is 18.8 Å². The van der Waals surface area contributed by atoms with Gasteiger partial charge in [0.05, 0.1) is 13.3 Å². The summed E-state index contributed by atoms with van der Waals surface area (Å²) in [6.45, 7) is -5.17. The van der Waals surface area contributed by atoms with Crippen LogP contribution in [0.4, 0.5) is 30.7 Å². The number of halogens is 7. The molecule has 0 aliphatic rings. The van der Waals surface area contributed by atoms with Crippen LogP contribution in [0, 0.1) is 11.8 Å². The molecule has 0 fully saturated rings. The van der Waals surface area contributed by atoms with Crippen molar-refractivity contribution >= 4 is 0 Å². The second-order valence-corrected chi connectivity index (χ2v) is 2.82. The first-order valence-electron chi connectivity index (χ1n) is 3.77. The predicted molar refractivity (Wildman–Crippen MR) is 35.9 cm³/mol. The van der Waals surface area contributed by atoms with Crippen molar-refractivity contribution in [2.75, 3.05) is 20.0 Å². The molecular weight excluding hydrogens is 217 g/mol. The van der Waals surface area contributed by atoms with Gasteiger partial charge in [-0.25, -0.2) is 4.39 Å². The molecule has 0 nitrogen and oxygen atoms in total. The van der Waals surface area contributed by atoms with E-state index in [0.29, 0.717) is 0 Å². The molecular formula is C7H9F7. The van der Waals surface area contributed by atoms with Gasteiger partial charge >= 0.3 is 6.18 Å². The molecule has 0 amide bonds. The van der Waals surface area contributed by atoms with E-state index in [-0.39, 0.29) is 0 Å². The second-order valence-electron chi connectivity index (χ2n) is 2.82. The molecule has 0 spiro atoms. The van der Waals surface area contributed by atoms with E-state index in [4.69, 9.17) is 0 Å². The van der Waals surface area contributed by atoms with E-state index in [1.165, 1.54) is 0 Å². The first kappa shape index (κ1) is 13.5. The van der Waals surface area contributed by atoms with E-state index >= 15 is 0 Å². The van der Waals surface area contributed by atoms with Crippen molar-refractivity contribution in [3.05, 3.63) is 0 Å². The Morgan fingerprint density at radius 2 is 1.29 bits per heavy atom. The van der Waals surface area contributed by atoms with Crippen molar-refractivity contribution in [2.24, 2.45) is 11.8 Å². The Labute approximate surface area is 76.1 Å². The molecule has 0 N–H and O–H groups in total. The first-order chi connectivity index (χ1) is 6.38. The van der Waals surface area contributed by atoms with Gasteiger partial charge in [-0.2, -0.15) is 13.2 Å². The maximum Gasteiger partial charge on any atom is 0.397 e. The third-order valence-electron chi connectivity index (χ3n) is 1.82. The van der Waals surface area contributed by atoms with Gasteiger partial charge in [-0.05, 0) is 0 Å². The number of hydrogen-bond acceptors (Lipinski definition) is 0. The lowest BCUT2D eigenvalue weighted by atomic mass is 9.94. The lowest BCUT2D eigenvalue weighted by molar-refractivity contribution is -0.201. The number of hydrogen-bond donors (Lipinski definition) is 0. The van der Waals surface area contributed by atoms with Gasteiger partial charge in [-0.1, -0.05) is 0 Å². The first-order valence-corrected chi connectivity index (χ1v) is 3.77. The minimum Gasteiger partial charge on any atom is -0.251 e. The Morgan fingerprint density at radius 3 is 1.50 bits per heavy atom. The average molecular weight is 226 g/mol. The van der Waals surface area contributed by atoms with Crippen molar-refractivity contribution in [1.82, 2.24) is 0 Å². The normalized spacial score (nSPS) is 17.1. The summed E-state index contributed by atoms with van der Waals surface area (Å²) < 4.78 is 83.9. The molecule has 0 bridgehead atoms. The van der Waals surface area contributed by atoms with E-state index in [1.807, 2.05) is 0 Å². The van der Waals surface area contributed by atoms with Crippen LogP contribution in [0.5, 0.6) is 0 Å². The van der Waals surface area contributed by atoms with Crippen LogP contribution in [0.25, 0.3) is 0 Å². The monoisotopic (exact) mass is 226 g/mol. The van der Waals surface area contributed by atoms with Crippen LogP contribution >= 0.6 is 0 Å². The van der Waals surface area contributed by atoms with Crippen LogP contribution in [0.2, 0.25) is 0 Å². The maximum absolute atomic E-state index is 12.8. The summed E-state index contributed by atoms with van der Waals surface area (Å²) in [5.41, 5.74) is 0. The second kappa shape index (κ2) is 5.41. The van der Waals surface area contributed by atoms with E-state index < -0.39 is 44.2 Å². The van der Waals surface area contributed by atoms with Crippen LogP contribution in [-0.4, -0.2) is 32.4 Å². The highest BCUT2D eigenvalue weighted by Gasteiger charge is 2.48. The van der Waals surface area contributed by atoms with E-state index in [9.17, 15) is 30.7 Å². The van der Waals surface area contributed by atoms with Gasteiger partial charge in [0, 0.05) is 5.92 Å². The molecule has 0 heterocycles. The average Bonchev–Trinajstić information content (AvgIpc) is 2.05. The zero-order chi connectivity index (χ0) is 11.4. The molecule has 0 aromatic rings. The molecule has 86 valence electrons. The highest BCUT2D eigenvalue weighted by Crippen LogP contribution is 2.34. The third-order valence-corrected chi connectivity index (χ3v) is 1.82. The van der Waals surface area contributed by atoms with Crippen molar-refractivity contribution in [1.29, 1.82) is 0 Å². The Hall–Kier alpha value is -0.490. The molecule has 0 aliphatic heterocycles. The van der Waals surface area contributed by atoms with Gasteiger partial charge in [0.25, 0.3) is 0 Å². The lowest BCUT2D eigenvalue weighted by Crippen LogP contribution is -2.39. The van der Waals surface area contributed by atoms with Crippen LogP contribution in [0.15, 0.2) is 0 Å². The summed E-state index contributed by atoms with van der Waals surface area (Å²) in [4.78, 5) is 0. The van der Waals surface area contributed by atoms with Crippen molar-refractivity contribution in [3.63, 3.8) is 0 Å². The third kappa shape index (κ3) is 3.34. The van der Waals surface area contributed by atoms with Crippen LogP contribution < -0.4 is 0 Å². The molecule has 2 unspecified atom stereocenters. The fourth-order valence-corrected chi connectivity index (χ4v) is 0.893. The fraction of sp³-hybridized carbons (Fsp3) is 1.00. The quantitative estimate of drug-likeness (QED) is 0.632. The molecule has 0 saturated carbocycles. The minimum atomic E-state index is -5.11. The highest BCUT2D eigenvalue weighted by atomic mass is 19.4. The molecule has 0 radical (unpaired) electrons. The van der Waals surface area contributed by atoms with Crippen molar-refractivity contribution < 1.29 is 30.7 Å². The minimum absolute atomic E-state index is 1.58. The summed E-state index contributed by atoms with van der Waals surface area (Å²) in [6.07, 6.45) is -7.99. The SMILES string of the molecule is FCC(CF)C(F)C(CF)C(F)(F)F. The Kier molecular flexibility index (Phi) is 5.22. The summed E-state index contributed by atoms with van der Waals surface area (Å²) in [5, 5.41) is 0. The Morgan fingerprint density at radius 1 is 0.857 bits per heavy atom. The molecule has 14 heavy (non-hydrogen) atoms. The number of rotatable bonds is 5. The Balaban J connectivity index is 4.52. The van der Waals surface area contributed by atoms with Crippen molar-refractivity contribution in [2.45, 2.75) is 12.3 Å². The molecule has 0 aromatic carbocycles. The molecule has 7 heteroatoms. The van der Waals surface area contributed by atoms with Crippen LogP contribution in [-0.2, 0) is 0 Å². The van der Waals surface area contributed by atoms with Gasteiger partial charge in [0.15, 0.2) is 0 Å². The standard InChI is InChI=1S/C7H9F7/c8-1-4(2-9)6(11)5(3-10)7(12,13)14/h4-6H,1-3H2. The largest absolute Gasteiger partial charge is 0.397 e. The fourth-order valence-electron chi connectivity index (χ4n) is 0.893. The lowest BCUT2D eigenvalue weighted by Gasteiger charge is -2.24. The highest BCUT2D eigenvalue weighted by molar-refractivity contribution is 4.81. The molecule has 0 aliphatic carbocycles. The van der Waals surface area contributed by atoms with Gasteiger partial charge in [-0.3, -0.25) is 13.2 Å². The molecule has 0 aromatic heterocycles. The predicted octanol–water partition coefficient (Wildman–Crippen LogP) is 3.03. The van der Waals surface area contributed by atoms with Crippen LogP contribution in [0.1, 0.15) is 0 Å². The smallest absolute Gasteiger partial charge is 0.251 e. The van der Waals surface area contributed by atoms with Crippen LogP contribution in [0.3, 0.4) is 0 Å². The topological polar surface area (TPSA) is 0 Å². The van der Waals surface area contributed by atoms with Gasteiger partial charge < -0.3 is 0 Å². The van der Waals surface area contributed by atoms with Gasteiger partial charge in [0.2, 0.25) is 0 Å². The van der Waals surface area contributed by atoms with E-state index in [2.05, 4.69) is 0 Å². The Bertz CT molecular complexity index is 151. The summed E-state index contributed by atoms with van der Waals surface area (Å²) in [7, 11) is 0. The number of alkyl halides is 7. The van der Waals surface area contributed by atoms with Gasteiger partial charge in [-0.15, -0.1) is 0 Å². The van der Waals surface area contributed by atoms with E-state index in [1.54, 1.807) is 0 Å². The zero-order valence-corrected chi connectivity index (χ0v) is 7.00.